The summed E-state index contributed by atoms with van der Waals surface area (Å²) < 4.78 is 6.68. The second-order valence-electron chi connectivity index (χ2n) is 10.0. The molecule has 0 aliphatic carbocycles. The third-order valence-corrected chi connectivity index (χ3v) is 7.72. The van der Waals surface area contributed by atoms with Crippen LogP contribution < -0.4 is 4.74 Å². The summed E-state index contributed by atoms with van der Waals surface area (Å²) in [5.74, 6) is 0.955. The van der Waals surface area contributed by atoms with Crippen molar-refractivity contribution in [1.29, 1.82) is 0 Å². The lowest BCUT2D eigenvalue weighted by atomic mass is 9.85. The minimum Gasteiger partial charge on any atom is -0.486 e. The first-order valence-corrected chi connectivity index (χ1v) is 13.3. The summed E-state index contributed by atoms with van der Waals surface area (Å²) in [7, 11) is 0. The van der Waals surface area contributed by atoms with Gasteiger partial charge in [0.1, 0.15) is 11.9 Å². The maximum absolute atomic E-state index is 6.68. The van der Waals surface area contributed by atoms with Gasteiger partial charge in [-0.15, -0.1) is 0 Å². The maximum Gasteiger partial charge on any atom is 0.124 e. The number of hydrogen-bond acceptors (Lipinski definition) is 1. The van der Waals surface area contributed by atoms with Crippen molar-refractivity contribution >= 4 is 27.6 Å². The number of ether oxygens (including phenoxy) is 1. The largest absolute Gasteiger partial charge is 0.486 e. The van der Waals surface area contributed by atoms with Gasteiger partial charge >= 0.3 is 0 Å². The topological polar surface area (TPSA) is 9.23 Å². The highest BCUT2D eigenvalue weighted by Crippen LogP contribution is 2.44. The van der Waals surface area contributed by atoms with Crippen LogP contribution in [0.15, 0.2) is 127 Å². The van der Waals surface area contributed by atoms with Gasteiger partial charge in [0.25, 0.3) is 0 Å². The van der Waals surface area contributed by atoms with Crippen LogP contribution in [0.4, 0.5) is 0 Å². The molecule has 0 radical (unpaired) electrons. The van der Waals surface area contributed by atoms with Crippen molar-refractivity contribution in [3.63, 3.8) is 0 Å². The number of benzene rings is 6. The first-order chi connectivity index (χ1) is 18.8. The van der Waals surface area contributed by atoms with Crippen LogP contribution in [0.2, 0.25) is 0 Å². The van der Waals surface area contributed by atoms with Gasteiger partial charge in [0, 0.05) is 0 Å². The monoisotopic (exact) mass is 488 g/mol. The lowest BCUT2D eigenvalue weighted by molar-refractivity contribution is 0.225. The summed E-state index contributed by atoms with van der Waals surface area (Å²) in [5.41, 5.74) is 8.61. The van der Waals surface area contributed by atoms with Crippen LogP contribution in [-0.4, -0.2) is 0 Å². The van der Waals surface area contributed by atoms with E-state index < -0.39 is 0 Å². The van der Waals surface area contributed by atoms with Gasteiger partial charge in [-0.3, -0.25) is 0 Å². The second-order valence-corrected chi connectivity index (χ2v) is 10.0. The molecule has 38 heavy (non-hydrogen) atoms. The van der Waals surface area contributed by atoms with Gasteiger partial charge in [-0.05, 0) is 79.9 Å². The molecule has 0 amide bonds. The molecule has 1 atom stereocenters. The van der Waals surface area contributed by atoms with E-state index >= 15 is 0 Å². The van der Waals surface area contributed by atoms with E-state index in [1.165, 1.54) is 60.5 Å². The van der Waals surface area contributed by atoms with Gasteiger partial charge in [-0.25, -0.2) is 0 Å². The van der Waals surface area contributed by atoms with E-state index in [9.17, 15) is 0 Å². The standard InChI is InChI=1S/C37H28O/c1-25-30-17-6-5-12-26(30)15-11-16-27-22-23-29(24-35(27)38-25)37-33-20-9-7-18-31(33)36(28-13-3-2-4-14-28)32-19-8-10-21-34(32)37/h2-15,17-25H,16H2,1H3/b15-11-. The summed E-state index contributed by atoms with van der Waals surface area (Å²) >= 11 is 0. The van der Waals surface area contributed by atoms with E-state index in [0.717, 1.165) is 12.2 Å². The van der Waals surface area contributed by atoms with Crippen molar-refractivity contribution in [3.8, 4) is 28.0 Å². The summed E-state index contributed by atoms with van der Waals surface area (Å²) in [4.78, 5) is 0. The maximum atomic E-state index is 6.68. The summed E-state index contributed by atoms with van der Waals surface area (Å²) in [6, 6.07) is 43.6. The Morgan fingerprint density at radius 3 is 1.84 bits per heavy atom. The molecule has 6 aromatic carbocycles. The van der Waals surface area contributed by atoms with Gasteiger partial charge in [-0.2, -0.15) is 0 Å². The van der Waals surface area contributed by atoms with Crippen molar-refractivity contribution in [3.05, 3.63) is 144 Å². The fourth-order valence-corrected chi connectivity index (χ4v) is 5.94. The molecule has 1 heterocycles. The van der Waals surface area contributed by atoms with Crippen LogP contribution >= 0.6 is 0 Å². The molecular formula is C37H28O. The lowest BCUT2D eigenvalue weighted by Gasteiger charge is -2.21. The molecule has 0 aromatic heterocycles. The second kappa shape index (κ2) is 9.36. The van der Waals surface area contributed by atoms with Crippen LogP contribution in [-0.2, 0) is 6.42 Å². The average Bonchev–Trinajstić information content (AvgIpc) is 3.03. The van der Waals surface area contributed by atoms with E-state index in [4.69, 9.17) is 4.74 Å². The molecule has 0 saturated heterocycles. The predicted octanol–water partition coefficient (Wildman–Crippen LogP) is 10.0. The van der Waals surface area contributed by atoms with Crippen molar-refractivity contribution in [2.24, 2.45) is 0 Å². The molecule has 0 fully saturated rings. The van der Waals surface area contributed by atoms with Crippen LogP contribution in [0, 0.1) is 0 Å². The smallest absolute Gasteiger partial charge is 0.124 e. The number of allylic oxidation sites excluding steroid dienone is 1. The zero-order valence-corrected chi connectivity index (χ0v) is 21.4. The Morgan fingerprint density at radius 2 is 1.16 bits per heavy atom. The fourth-order valence-electron chi connectivity index (χ4n) is 5.94. The minimum absolute atomic E-state index is 0.0445. The first-order valence-electron chi connectivity index (χ1n) is 13.3. The van der Waals surface area contributed by atoms with Crippen molar-refractivity contribution in [2.75, 3.05) is 0 Å². The number of fused-ring (bicyclic) bond motifs is 4. The van der Waals surface area contributed by atoms with Crippen molar-refractivity contribution < 1.29 is 4.74 Å². The van der Waals surface area contributed by atoms with Gasteiger partial charge < -0.3 is 4.74 Å². The molecule has 7 rings (SSSR count). The molecule has 0 spiro atoms. The van der Waals surface area contributed by atoms with Crippen molar-refractivity contribution in [2.45, 2.75) is 19.4 Å². The highest BCUT2D eigenvalue weighted by Gasteiger charge is 2.19. The van der Waals surface area contributed by atoms with Crippen LogP contribution in [0.5, 0.6) is 5.75 Å². The SMILES string of the molecule is CC1Oc2cc(-c3c4ccccc4c(-c4ccccc4)c4ccccc34)ccc2C/C=C\c2ccccc21. The molecule has 0 saturated carbocycles. The Balaban J connectivity index is 1.47. The Hall–Kier alpha value is -4.62. The average molecular weight is 489 g/mol. The number of rotatable bonds is 2. The third kappa shape index (κ3) is 3.79. The van der Waals surface area contributed by atoms with E-state index in [1.54, 1.807) is 0 Å². The van der Waals surface area contributed by atoms with E-state index in [0.29, 0.717) is 0 Å². The molecule has 0 bridgehead atoms. The predicted molar refractivity (Wildman–Crippen MR) is 161 cm³/mol. The van der Waals surface area contributed by atoms with Crippen LogP contribution in [0.25, 0.3) is 49.9 Å². The summed E-state index contributed by atoms with van der Waals surface area (Å²) in [6.07, 6.45) is 5.27. The van der Waals surface area contributed by atoms with Gasteiger partial charge in [-0.1, -0.05) is 127 Å². The normalized spacial score (nSPS) is 15.6. The number of hydrogen-bond donors (Lipinski definition) is 0. The zero-order valence-electron chi connectivity index (χ0n) is 21.4. The third-order valence-electron chi connectivity index (χ3n) is 7.72. The molecule has 1 heteroatoms. The Morgan fingerprint density at radius 1 is 0.579 bits per heavy atom. The van der Waals surface area contributed by atoms with E-state index in [1.807, 2.05) is 0 Å². The quantitative estimate of drug-likeness (QED) is 0.220. The Bertz CT molecular complexity index is 1770. The zero-order chi connectivity index (χ0) is 25.5. The molecule has 182 valence electrons. The Labute approximate surface area is 223 Å². The van der Waals surface area contributed by atoms with Gasteiger partial charge in [0.05, 0.1) is 0 Å². The highest BCUT2D eigenvalue weighted by atomic mass is 16.5. The van der Waals surface area contributed by atoms with E-state index in [2.05, 4.69) is 140 Å². The Kier molecular flexibility index (Phi) is 5.56. The minimum atomic E-state index is -0.0445. The van der Waals surface area contributed by atoms with E-state index in [-0.39, 0.29) is 6.10 Å². The molecule has 1 nitrogen and oxygen atoms in total. The van der Waals surface area contributed by atoms with Gasteiger partial charge in [0.15, 0.2) is 0 Å². The molecular weight excluding hydrogens is 460 g/mol. The van der Waals surface area contributed by atoms with Crippen LogP contribution in [0.1, 0.15) is 29.7 Å². The molecule has 1 unspecified atom stereocenters. The molecule has 0 N–H and O–H groups in total. The molecule has 1 aliphatic rings. The summed E-state index contributed by atoms with van der Waals surface area (Å²) in [5, 5.41) is 5.04. The molecule has 6 aromatic rings. The summed E-state index contributed by atoms with van der Waals surface area (Å²) in [6.45, 7) is 2.15. The fraction of sp³-hybridized carbons (Fsp3) is 0.0811. The lowest BCUT2D eigenvalue weighted by Crippen LogP contribution is -2.06. The van der Waals surface area contributed by atoms with Crippen LogP contribution in [0.3, 0.4) is 0 Å². The first kappa shape index (κ1) is 22.6. The van der Waals surface area contributed by atoms with Gasteiger partial charge in [0.2, 0.25) is 0 Å². The van der Waals surface area contributed by atoms with Crippen molar-refractivity contribution in [1.82, 2.24) is 0 Å². The molecule has 1 aliphatic heterocycles. The highest BCUT2D eigenvalue weighted by molar-refractivity contribution is 6.21.